The van der Waals surface area contributed by atoms with E-state index in [-0.39, 0.29) is 5.92 Å². The molecule has 1 aliphatic heterocycles. The van der Waals surface area contributed by atoms with E-state index in [1.165, 1.54) is 12.7 Å². The SMILES string of the molecule is CS(=O)(=O)c1ccc2c3c([nH]c2c1)CCN(C(=O)C1CCCCC1)C3.N#CC1(NC(=O)O)CC1. The average Bonchev–Trinajstić information content (AvgIpc) is 3.48. The first kappa shape index (κ1) is 24.1. The van der Waals surface area contributed by atoms with E-state index in [0.717, 1.165) is 60.8 Å². The Morgan fingerprint density at radius 3 is 2.50 bits per heavy atom. The Balaban J connectivity index is 0.000000257. The maximum absolute atomic E-state index is 12.8. The first-order chi connectivity index (χ1) is 16.1. The van der Waals surface area contributed by atoms with Crippen molar-refractivity contribution < 1.29 is 23.1 Å². The van der Waals surface area contributed by atoms with Crippen LogP contribution in [0.5, 0.6) is 0 Å². The number of fused-ring (bicyclic) bond motifs is 3. The van der Waals surface area contributed by atoms with Crippen molar-refractivity contribution in [2.45, 2.75) is 68.3 Å². The number of benzene rings is 1. The largest absolute Gasteiger partial charge is 0.465 e. The minimum Gasteiger partial charge on any atom is -0.465 e. The van der Waals surface area contributed by atoms with Gasteiger partial charge in [0, 0.05) is 53.8 Å². The van der Waals surface area contributed by atoms with Crippen LogP contribution in [-0.4, -0.2) is 53.7 Å². The number of carboxylic acid groups (broad SMARTS) is 1. The lowest BCUT2D eigenvalue weighted by Gasteiger charge is -2.32. The Hall–Kier alpha value is -3.06. The highest BCUT2D eigenvalue weighted by molar-refractivity contribution is 7.90. The van der Waals surface area contributed by atoms with Crippen molar-refractivity contribution in [1.82, 2.24) is 15.2 Å². The van der Waals surface area contributed by atoms with Crippen molar-refractivity contribution in [2.75, 3.05) is 12.8 Å². The predicted molar refractivity (Wildman–Crippen MR) is 126 cm³/mol. The predicted octanol–water partition coefficient (Wildman–Crippen LogP) is 3.35. The molecule has 2 aliphatic carbocycles. The maximum atomic E-state index is 12.8. The maximum Gasteiger partial charge on any atom is 0.405 e. The molecule has 0 atom stereocenters. The molecule has 1 aromatic carbocycles. The molecule has 3 aliphatic rings. The zero-order chi connectivity index (χ0) is 24.5. The molecule has 0 radical (unpaired) electrons. The molecule has 9 nitrogen and oxygen atoms in total. The quantitative estimate of drug-likeness (QED) is 0.607. The molecule has 5 rings (SSSR count). The third-order valence-electron chi connectivity index (χ3n) is 6.95. The molecule has 2 heterocycles. The molecule has 2 saturated carbocycles. The molecule has 0 spiro atoms. The summed E-state index contributed by atoms with van der Waals surface area (Å²) in [4.78, 5) is 28.5. The molecule has 2 fully saturated rings. The van der Waals surface area contributed by atoms with Gasteiger partial charge in [0.05, 0.1) is 11.0 Å². The molecule has 10 heteroatoms. The molecule has 1 aromatic heterocycles. The molecule has 2 aromatic rings. The highest BCUT2D eigenvalue weighted by Crippen LogP contribution is 2.34. The number of rotatable bonds is 3. The fraction of sp³-hybridized carbons (Fsp3) is 0.542. The van der Waals surface area contributed by atoms with Crippen molar-refractivity contribution in [3.63, 3.8) is 0 Å². The first-order valence-corrected chi connectivity index (χ1v) is 13.6. The van der Waals surface area contributed by atoms with Gasteiger partial charge in [0.25, 0.3) is 0 Å². The van der Waals surface area contributed by atoms with Crippen molar-refractivity contribution in [3.05, 3.63) is 29.5 Å². The molecule has 3 N–H and O–H groups in total. The van der Waals surface area contributed by atoms with Crippen molar-refractivity contribution in [1.29, 1.82) is 5.26 Å². The third kappa shape index (κ3) is 5.20. The van der Waals surface area contributed by atoms with Gasteiger partial charge >= 0.3 is 6.09 Å². The second kappa shape index (κ2) is 9.29. The number of carbonyl (C=O) groups is 2. The number of hydrogen-bond acceptors (Lipinski definition) is 5. The van der Waals surface area contributed by atoms with Gasteiger partial charge in [0.1, 0.15) is 5.54 Å². The molecule has 0 unspecified atom stereocenters. The molecule has 0 bridgehead atoms. The van der Waals surface area contributed by atoms with Gasteiger partial charge in [-0.1, -0.05) is 25.3 Å². The third-order valence-corrected chi connectivity index (χ3v) is 8.06. The van der Waals surface area contributed by atoms with E-state index in [1.54, 1.807) is 12.1 Å². The lowest BCUT2D eigenvalue weighted by atomic mass is 9.87. The number of aromatic amines is 1. The molecule has 2 amide bonds. The van der Waals surface area contributed by atoms with E-state index in [4.69, 9.17) is 10.4 Å². The zero-order valence-corrected chi connectivity index (χ0v) is 20.1. The second-order valence-corrected chi connectivity index (χ2v) is 11.5. The molecular weight excluding hydrogens is 456 g/mol. The number of carbonyl (C=O) groups excluding carboxylic acids is 1. The van der Waals surface area contributed by atoms with Gasteiger partial charge in [0.2, 0.25) is 5.91 Å². The van der Waals surface area contributed by atoms with Gasteiger partial charge in [-0.3, -0.25) is 4.79 Å². The van der Waals surface area contributed by atoms with Crippen LogP contribution >= 0.6 is 0 Å². The van der Waals surface area contributed by atoms with Crippen LogP contribution in [0.3, 0.4) is 0 Å². The van der Waals surface area contributed by atoms with Crippen LogP contribution in [0.15, 0.2) is 23.1 Å². The van der Waals surface area contributed by atoms with Crippen molar-refractivity contribution in [3.8, 4) is 6.07 Å². The summed E-state index contributed by atoms with van der Waals surface area (Å²) in [6, 6.07) is 7.13. The number of nitrogens with one attached hydrogen (secondary N) is 2. The number of amides is 2. The molecule has 182 valence electrons. The highest BCUT2D eigenvalue weighted by Gasteiger charge is 2.44. The monoisotopic (exact) mass is 486 g/mol. The van der Waals surface area contributed by atoms with E-state index in [1.807, 2.05) is 17.0 Å². The zero-order valence-electron chi connectivity index (χ0n) is 19.3. The van der Waals surface area contributed by atoms with Crippen molar-refractivity contribution in [2.24, 2.45) is 5.92 Å². The summed E-state index contributed by atoms with van der Waals surface area (Å²) in [6.07, 6.45) is 7.83. The minimum absolute atomic E-state index is 0.192. The topological polar surface area (TPSA) is 143 Å². The lowest BCUT2D eigenvalue weighted by molar-refractivity contribution is -0.137. The smallest absolute Gasteiger partial charge is 0.405 e. The summed E-state index contributed by atoms with van der Waals surface area (Å²) in [6.45, 7) is 1.37. The number of nitrogens with zero attached hydrogens (tertiary/aromatic N) is 2. The Morgan fingerprint density at radius 1 is 1.24 bits per heavy atom. The number of aromatic nitrogens is 1. The minimum atomic E-state index is -3.22. The van der Waals surface area contributed by atoms with Crippen LogP contribution in [0, 0.1) is 17.2 Å². The fourth-order valence-electron chi connectivity index (χ4n) is 4.82. The molecule has 0 saturated heterocycles. The average molecular weight is 487 g/mol. The fourth-order valence-corrected chi connectivity index (χ4v) is 5.47. The van der Waals surface area contributed by atoms with Crippen molar-refractivity contribution >= 4 is 32.7 Å². The van der Waals surface area contributed by atoms with Crippen LogP contribution in [0.1, 0.15) is 56.2 Å². The van der Waals surface area contributed by atoms with Gasteiger partial charge in [-0.25, -0.2) is 13.2 Å². The summed E-state index contributed by atoms with van der Waals surface area (Å²) >= 11 is 0. The number of nitriles is 1. The van der Waals surface area contributed by atoms with Crippen LogP contribution in [-0.2, 0) is 27.6 Å². The number of sulfone groups is 1. The van der Waals surface area contributed by atoms with Crippen LogP contribution in [0.4, 0.5) is 4.79 Å². The molecule has 34 heavy (non-hydrogen) atoms. The van der Waals surface area contributed by atoms with Gasteiger partial charge in [0.15, 0.2) is 9.84 Å². The lowest BCUT2D eigenvalue weighted by Crippen LogP contribution is -2.40. The second-order valence-electron chi connectivity index (χ2n) is 9.53. The van der Waals surface area contributed by atoms with Crippen LogP contribution in [0.25, 0.3) is 10.9 Å². The van der Waals surface area contributed by atoms with Crippen LogP contribution in [0.2, 0.25) is 0 Å². The summed E-state index contributed by atoms with van der Waals surface area (Å²) in [5.74, 6) is 0.491. The number of hydrogen-bond donors (Lipinski definition) is 3. The summed E-state index contributed by atoms with van der Waals surface area (Å²) < 4.78 is 23.5. The Labute approximate surface area is 199 Å². The Bertz CT molecular complexity index is 1250. The highest BCUT2D eigenvalue weighted by atomic mass is 32.2. The Kier molecular flexibility index (Phi) is 6.58. The van der Waals surface area contributed by atoms with E-state index >= 15 is 0 Å². The van der Waals surface area contributed by atoms with E-state index < -0.39 is 21.5 Å². The van der Waals surface area contributed by atoms with E-state index in [2.05, 4.69) is 10.3 Å². The summed E-state index contributed by atoms with van der Waals surface area (Å²) in [5.41, 5.74) is 2.39. The van der Waals surface area contributed by atoms with Gasteiger partial charge in [-0.15, -0.1) is 0 Å². The summed E-state index contributed by atoms with van der Waals surface area (Å²) in [7, 11) is -3.22. The first-order valence-electron chi connectivity index (χ1n) is 11.7. The number of H-pyrrole nitrogens is 1. The Morgan fingerprint density at radius 2 is 1.94 bits per heavy atom. The normalized spacial score (nSPS) is 19.4. The molecular formula is C24H30N4O5S. The van der Waals surface area contributed by atoms with E-state index in [0.29, 0.717) is 30.2 Å². The summed E-state index contributed by atoms with van der Waals surface area (Å²) in [5, 5.41) is 19.7. The van der Waals surface area contributed by atoms with Gasteiger partial charge < -0.3 is 20.3 Å². The van der Waals surface area contributed by atoms with Crippen LogP contribution < -0.4 is 5.32 Å². The van der Waals surface area contributed by atoms with Gasteiger partial charge in [-0.2, -0.15) is 5.26 Å². The van der Waals surface area contributed by atoms with Gasteiger partial charge in [-0.05, 0) is 37.8 Å². The standard InChI is InChI=1S/C19H24N2O3S.C5H6N2O2/c1-25(23,24)14-7-8-15-16-12-21(10-9-17(16)20-18(15)11-14)19(22)13-5-3-2-4-6-13;6-3-5(1-2-5)7-4(8)9/h7-8,11,13,20H,2-6,9-10,12H2,1H3;7H,1-2H2,(H,8,9). The van der Waals surface area contributed by atoms with E-state index in [9.17, 15) is 18.0 Å².